The molecule has 12 N–H and O–H groups in total. The van der Waals surface area contributed by atoms with Gasteiger partial charge in [0.1, 0.15) is 36.8 Å². The van der Waals surface area contributed by atoms with E-state index in [2.05, 4.69) is 10.6 Å². The van der Waals surface area contributed by atoms with Crippen molar-refractivity contribution in [1.82, 2.24) is 26.6 Å². The normalized spacial score (nSPS) is 14.0. The summed E-state index contributed by atoms with van der Waals surface area (Å²) in [6.45, 7) is -1.66. The summed E-state index contributed by atoms with van der Waals surface area (Å²) < 4.78 is 0. The van der Waals surface area contributed by atoms with Gasteiger partial charge in [-0.2, -0.15) is 11.8 Å². The maximum absolute atomic E-state index is 12.9. The molecule has 0 unspecified atom stereocenters. The van der Waals surface area contributed by atoms with Gasteiger partial charge in [-0.15, -0.1) is 0 Å². The van der Waals surface area contributed by atoms with Crippen molar-refractivity contribution < 1.29 is 68.7 Å². The van der Waals surface area contributed by atoms with Crippen molar-refractivity contribution in [2.45, 2.75) is 55.9 Å². The lowest BCUT2D eigenvalue weighted by molar-refractivity contribution is -0.144. The minimum absolute atomic E-state index is 0.0274. The van der Waals surface area contributed by atoms with Gasteiger partial charge in [0.05, 0.1) is 25.9 Å². The molecular formula is C22H34N6O14S. The Balaban J connectivity index is 5.96. The average molecular weight is 639 g/mol. The topological polar surface area (TPSA) is 341 Å². The number of carbonyl (C=O) groups excluding carboxylic acids is 5. The minimum Gasteiger partial charge on any atom is -0.481 e. The Morgan fingerprint density at radius 1 is 0.605 bits per heavy atom. The van der Waals surface area contributed by atoms with Crippen LogP contribution in [0.1, 0.15) is 25.7 Å². The lowest BCUT2D eigenvalue weighted by Crippen LogP contribution is -2.59. The summed E-state index contributed by atoms with van der Waals surface area (Å²) in [5.74, 6) is -12.0. The van der Waals surface area contributed by atoms with Crippen LogP contribution in [0, 0.1) is 0 Å². The molecule has 0 rings (SSSR count). The van der Waals surface area contributed by atoms with Crippen LogP contribution in [0.4, 0.5) is 0 Å². The third kappa shape index (κ3) is 15.9. The standard InChI is InChI=1S/C22H34N6O14S/c1-43-3-2-10(19(39)24-7-17(36)37)25-20(40)12(5-15(32)33)27-22(42)13(6-16(34)35)28-21(41)11(4-14(30)31)26-18(38)9(23)8-29/h9-13,29H,2-8,23H2,1H3,(H,24,39)(H,25,40)(H,26,38)(H,27,42)(H,28,41)(H,30,31)(H,32,33)(H,34,35)(H,36,37)/t9-,10-,11-,12-,13-/m0/s1. The molecule has 0 heterocycles. The van der Waals surface area contributed by atoms with Gasteiger partial charge in [-0.25, -0.2) is 0 Å². The molecule has 20 nitrogen and oxygen atoms in total. The monoisotopic (exact) mass is 638 g/mol. The van der Waals surface area contributed by atoms with Crippen LogP contribution in [0.2, 0.25) is 0 Å². The van der Waals surface area contributed by atoms with Crippen LogP contribution in [0.25, 0.3) is 0 Å². The van der Waals surface area contributed by atoms with Crippen LogP contribution in [0.5, 0.6) is 0 Å². The number of rotatable bonds is 21. The van der Waals surface area contributed by atoms with Crippen LogP contribution in [-0.4, -0.2) is 134 Å². The van der Waals surface area contributed by atoms with Gasteiger partial charge < -0.3 is 57.9 Å². The third-order valence-electron chi connectivity index (χ3n) is 5.23. The van der Waals surface area contributed by atoms with Crippen LogP contribution >= 0.6 is 11.8 Å². The fourth-order valence-corrected chi connectivity index (χ4v) is 3.59. The molecule has 0 fully saturated rings. The number of hydrogen-bond donors (Lipinski definition) is 11. The molecule has 21 heteroatoms. The van der Waals surface area contributed by atoms with Crippen molar-refractivity contribution in [2.75, 3.05) is 25.2 Å². The Morgan fingerprint density at radius 3 is 1.30 bits per heavy atom. The molecule has 0 aromatic rings. The Labute approximate surface area is 247 Å². The zero-order valence-electron chi connectivity index (χ0n) is 22.7. The van der Waals surface area contributed by atoms with Crippen molar-refractivity contribution >= 4 is 65.2 Å². The van der Waals surface area contributed by atoms with Gasteiger partial charge in [0.2, 0.25) is 29.5 Å². The largest absolute Gasteiger partial charge is 0.481 e. The molecule has 0 aliphatic carbocycles. The zero-order valence-corrected chi connectivity index (χ0v) is 23.5. The van der Waals surface area contributed by atoms with E-state index in [0.717, 1.165) is 0 Å². The van der Waals surface area contributed by atoms with E-state index >= 15 is 0 Å². The highest BCUT2D eigenvalue weighted by atomic mass is 32.2. The molecule has 0 aliphatic heterocycles. The van der Waals surface area contributed by atoms with Gasteiger partial charge in [-0.1, -0.05) is 0 Å². The molecule has 0 saturated carbocycles. The fraction of sp³-hybridized carbons (Fsp3) is 0.591. The molecule has 0 bridgehead atoms. The molecule has 5 atom stereocenters. The van der Waals surface area contributed by atoms with Crippen LogP contribution in [0.3, 0.4) is 0 Å². The predicted octanol–water partition coefficient (Wildman–Crippen LogP) is -5.38. The van der Waals surface area contributed by atoms with Crippen molar-refractivity contribution in [1.29, 1.82) is 0 Å². The number of hydrogen-bond acceptors (Lipinski definition) is 12. The number of aliphatic hydroxyl groups excluding tert-OH is 1. The highest BCUT2D eigenvalue weighted by Crippen LogP contribution is 2.05. The molecule has 0 aliphatic rings. The first kappa shape index (κ1) is 38.5. The number of nitrogens with two attached hydrogens (primary N) is 1. The second-order valence-corrected chi connectivity index (χ2v) is 9.71. The number of aliphatic hydroxyl groups is 1. The Bertz CT molecular complexity index is 1070. The van der Waals surface area contributed by atoms with Gasteiger partial charge in [0.15, 0.2) is 0 Å². The number of carboxylic acids is 4. The molecule has 0 saturated heterocycles. The summed E-state index contributed by atoms with van der Waals surface area (Å²) in [5, 5.41) is 55.3. The van der Waals surface area contributed by atoms with Crippen molar-refractivity contribution in [3.8, 4) is 0 Å². The van der Waals surface area contributed by atoms with Gasteiger partial charge in [0.25, 0.3) is 0 Å². The van der Waals surface area contributed by atoms with Gasteiger partial charge >= 0.3 is 23.9 Å². The first-order valence-electron chi connectivity index (χ1n) is 12.2. The first-order valence-corrected chi connectivity index (χ1v) is 13.6. The van der Waals surface area contributed by atoms with Crippen LogP contribution in [0.15, 0.2) is 0 Å². The smallest absolute Gasteiger partial charge is 0.322 e. The maximum atomic E-state index is 12.9. The second-order valence-electron chi connectivity index (χ2n) is 8.72. The minimum atomic E-state index is -2.03. The van der Waals surface area contributed by atoms with E-state index in [9.17, 15) is 53.4 Å². The SMILES string of the molecule is CSCC[C@H](NC(=O)[C@H](CC(=O)O)NC(=O)[C@H](CC(=O)O)NC(=O)[C@H](CC(=O)O)NC(=O)[C@@H](N)CO)C(=O)NCC(=O)O. The molecule has 0 radical (unpaired) electrons. The number of thioether (sulfide) groups is 1. The highest BCUT2D eigenvalue weighted by molar-refractivity contribution is 7.98. The summed E-state index contributed by atoms with van der Waals surface area (Å²) in [7, 11) is 0. The van der Waals surface area contributed by atoms with Crippen molar-refractivity contribution in [3.63, 3.8) is 0 Å². The van der Waals surface area contributed by atoms with Crippen LogP contribution < -0.4 is 32.3 Å². The Morgan fingerprint density at radius 2 is 0.977 bits per heavy atom. The molecular weight excluding hydrogens is 604 g/mol. The van der Waals surface area contributed by atoms with Crippen molar-refractivity contribution in [3.05, 3.63) is 0 Å². The average Bonchev–Trinajstić information content (AvgIpc) is 2.91. The number of carbonyl (C=O) groups is 9. The second kappa shape index (κ2) is 19.6. The summed E-state index contributed by atoms with van der Waals surface area (Å²) in [4.78, 5) is 108. The molecule has 5 amide bonds. The van der Waals surface area contributed by atoms with Crippen LogP contribution in [-0.2, 0) is 43.2 Å². The van der Waals surface area contributed by atoms with E-state index in [4.69, 9.17) is 21.1 Å². The van der Waals surface area contributed by atoms with E-state index in [1.165, 1.54) is 11.8 Å². The third-order valence-corrected chi connectivity index (χ3v) is 5.87. The van der Waals surface area contributed by atoms with E-state index in [0.29, 0.717) is 5.75 Å². The lowest BCUT2D eigenvalue weighted by atomic mass is 10.1. The number of aliphatic carboxylic acids is 4. The Hall–Kier alpha value is -4.50. The summed E-state index contributed by atoms with van der Waals surface area (Å²) in [6, 6.07) is -8.76. The van der Waals surface area contributed by atoms with Gasteiger partial charge in [-0.05, 0) is 18.4 Å². The van der Waals surface area contributed by atoms with E-state index in [1.807, 2.05) is 16.0 Å². The first-order chi connectivity index (χ1) is 20.0. The van der Waals surface area contributed by atoms with E-state index in [1.54, 1.807) is 6.26 Å². The highest BCUT2D eigenvalue weighted by Gasteiger charge is 2.34. The number of amides is 5. The van der Waals surface area contributed by atoms with Gasteiger partial charge in [0, 0.05) is 0 Å². The van der Waals surface area contributed by atoms with Crippen molar-refractivity contribution in [2.24, 2.45) is 5.73 Å². The lowest BCUT2D eigenvalue weighted by Gasteiger charge is -2.25. The molecule has 0 aromatic carbocycles. The Kier molecular flexibility index (Phi) is 17.5. The summed E-state index contributed by atoms with van der Waals surface area (Å²) >= 11 is 1.27. The summed E-state index contributed by atoms with van der Waals surface area (Å²) in [5.41, 5.74) is 5.32. The van der Waals surface area contributed by atoms with E-state index < -0.39 is 116 Å². The predicted molar refractivity (Wildman–Crippen MR) is 143 cm³/mol. The number of nitrogens with one attached hydrogen (secondary N) is 5. The maximum Gasteiger partial charge on any atom is 0.322 e. The van der Waals surface area contributed by atoms with E-state index in [-0.39, 0.29) is 6.42 Å². The zero-order chi connectivity index (χ0) is 33.3. The molecule has 0 spiro atoms. The number of carboxylic acid groups (broad SMARTS) is 4. The molecule has 43 heavy (non-hydrogen) atoms. The van der Waals surface area contributed by atoms with Gasteiger partial charge in [-0.3, -0.25) is 43.2 Å². The quantitative estimate of drug-likeness (QED) is 0.0559. The molecule has 0 aromatic heterocycles. The summed E-state index contributed by atoms with van der Waals surface area (Å²) in [6.07, 6.45) is -1.63. The molecule has 242 valence electrons. The fourth-order valence-electron chi connectivity index (χ4n) is 3.12.